The molecule has 2 aromatic rings. The Hall–Kier alpha value is -2.56. The predicted octanol–water partition coefficient (Wildman–Crippen LogP) is 3.36. The first kappa shape index (κ1) is 12.9. The number of nitrogens with one attached hydrogen (secondary N) is 2. The Morgan fingerprint density at radius 2 is 1.68 bits per heavy atom. The SMILES string of the molecule is Cc1ccc(NC(=O)Nc2cc(N)cc(F)c2)cc1. The predicted molar refractivity (Wildman–Crippen MR) is 74.6 cm³/mol. The lowest BCUT2D eigenvalue weighted by Gasteiger charge is -2.08. The summed E-state index contributed by atoms with van der Waals surface area (Å²) in [6.07, 6.45) is 0. The number of aryl methyl sites for hydroxylation is 1. The van der Waals surface area contributed by atoms with E-state index in [9.17, 15) is 9.18 Å². The lowest BCUT2D eigenvalue weighted by atomic mass is 10.2. The number of rotatable bonds is 2. The molecule has 4 N–H and O–H groups in total. The molecular weight excluding hydrogens is 245 g/mol. The highest BCUT2D eigenvalue weighted by atomic mass is 19.1. The standard InChI is InChI=1S/C14H14FN3O/c1-9-2-4-12(5-3-9)17-14(19)18-13-7-10(15)6-11(16)8-13/h2-8H,16H2,1H3,(H2,17,18,19). The van der Waals surface area contributed by atoms with Gasteiger partial charge in [-0.15, -0.1) is 0 Å². The van der Waals surface area contributed by atoms with Crippen molar-refractivity contribution in [3.05, 3.63) is 53.8 Å². The Labute approximate surface area is 110 Å². The van der Waals surface area contributed by atoms with Crippen LogP contribution in [0.15, 0.2) is 42.5 Å². The summed E-state index contributed by atoms with van der Waals surface area (Å²) in [6, 6.07) is 10.8. The number of nitrogens with two attached hydrogens (primary N) is 1. The van der Waals surface area contributed by atoms with Gasteiger partial charge in [0.05, 0.1) is 0 Å². The molecule has 0 radical (unpaired) electrons. The number of carbonyl (C=O) groups is 1. The molecule has 5 heteroatoms. The Morgan fingerprint density at radius 1 is 1.05 bits per heavy atom. The molecule has 0 aliphatic rings. The van der Waals surface area contributed by atoms with Crippen LogP contribution in [0.4, 0.5) is 26.2 Å². The summed E-state index contributed by atoms with van der Waals surface area (Å²) < 4.78 is 13.1. The second-order valence-corrected chi connectivity index (χ2v) is 4.22. The second kappa shape index (κ2) is 5.39. The molecule has 0 aliphatic carbocycles. The summed E-state index contributed by atoms with van der Waals surface area (Å²) in [4.78, 5) is 11.7. The van der Waals surface area contributed by atoms with Gasteiger partial charge < -0.3 is 16.4 Å². The number of hydrogen-bond donors (Lipinski definition) is 3. The molecule has 0 atom stereocenters. The molecule has 19 heavy (non-hydrogen) atoms. The van der Waals surface area contributed by atoms with E-state index in [1.807, 2.05) is 19.1 Å². The van der Waals surface area contributed by atoms with Crippen LogP contribution in [0.2, 0.25) is 0 Å². The number of anilines is 3. The van der Waals surface area contributed by atoms with Crippen molar-refractivity contribution in [3.8, 4) is 0 Å². The number of benzene rings is 2. The van der Waals surface area contributed by atoms with Crippen LogP contribution in [-0.4, -0.2) is 6.03 Å². The zero-order valence-electron chi connectivity index (χ0n) is 10.4. The van der Waals surface area contributed by atoms with Crippen molar-refractivity contribution in [1.82, 2.24) is 0 Å². The third-order valence-electron chi connectivity index (χ3n) is 2.49. The molecular formula is C14H14FN3O. The molecule has 4 nitrogen and oxygen atoms in total. The van der Waals surface area contributed by atoms with Crippen molar-refractivity contribution >= 4 is 23.1 Å². The van der Waals surface area contributed by atoms with Gasteiger partial charge in [0.25, 0.3) is 0 Å². The summed E-state index contributed by atoms with van der Waals surface area (Å²) >= 11 is 0. The van der Waals surface area contributed by atoms with E-state index in [-0.39, 0.29) is 5.69 Å². The van der Waals surface area contributed by atoms with E-state index in [0.29, 0.717) is 11.4 Å². The van der Waals surface area contributed by atoms with E-state index in [0.717, 1.165) is 5.56 Å². The maximum Gasteiger partial charge on any atom is 0.323 e. The Bertz CT molecular complexity index is 576. The van der Waals surface area contributed by atoms with Crippen LogP contribution in [0.3, 0.4) is 0 Å². The van der Waals surface area contributed by atoms with E-state index in [1.54, 1.807) is 12.1 Å². The van der Waals surface area contributed by atoms with Crippen LogP contribution in [0.1, 0.15) is 5.56 Å². The van der Waals surface area contributed by atoms with Crippen LogP contribution >= 0.6 is 0 Å². The lowest BCUT2D eigenvalue weighted by molar-refractivity contribution is 0.262. The number of hydrogen-bond acceptors (Lipinski definition) is 2. The van der Waals surface area contributed by atoms with Gasteiger partial charge in [0, 0.05) is 17.1 Å². The summed E-state index contributed by atoms with van der Waals surface area (Å²) in [6.45, 7) is 1.96. The maximum atomic E-state index is 13.1. The molecule has 2 amide bonds. The van der Waals surface area contributed by atoms with Crippen LogP contribution < -0.4 is 16.4 Å². The lowest BCUT2D eigenvalue weighted by Crippen LogP contribution is -2.19. The Morgan fingerprint density at radius 3 is 2.32 bits per heavy atom. The van der Waals surface area contributed by atoms with Gasteiger partial charge in [0.15, 0.2) is 0 Å². The van der Waals surface area contributed by atoms with Crippen molar-refractivity contribution in [2.45, 2.75) is 6.92 Å². The second-order valence-electron chi connectivity index (χ2n) is 4.22. The van der Waals surface area contributed by atoms with Crippen molar-refractivity contribution < 1.29 is 9.18 Å². The highest BCUT2D eigenvalue weighted by molar-refractivity contribution is 5.99. The van der Waals surface area contributed by atoms with Gasteiger partial charge in [-0.25, -0.2) is 9.18 Å². The summed E-state index contributed by atoms with van der Waals surface area (Å²) in [5.41, 5.74) is 7.82. The molecule has 98 valence electrons. The Balaban J connectivity index is 2.03. The minimum Gasteiger partial charge on any atom is -0.399 e. The third-order valence-corrected chi connectivity index (χ3v) is 2.49. The number of urea groups is 1. The topological polar surface area (TPSA) is 67.2 Å². The molecule has 0 fully saturated rings. The molecule has 2 aromatic carbocycles. The normalized spacial score (nSPS) is 10.0. The van der Waals surface area contributed by atoms with Crippen LogP contribution in [-0.2, 0) is 0 Å². The first-order chi connectivity index (χ1) is 9.02. The van der Waals surface area contributed by atoms with Gasteiger partial charge >= 0.3 is 6.03 Å². The molecule has 0 bridgehead atoms. The first-order valence-electron chi connectivity index (χ1n) is 5.74. The van der Waals surface area contributed by atoms with Gasteiger partial charge in [0.2, 0.25) is 0 Å². The summed E-state index contributed by atoms with van der Waals surface area (Å²) in [7, 11) is 0. The van der Waals surface area contributed by atoms with Gasteiger partial charge in [-0.05, 0) is 37.3 Å². The van der Waals surface area contributed by atoms with E-state index in [1.165, 1.54) is 18.2 Å². The average molecular weight is 259 g/mol. The van der Waals surface area contributed by atoms with Crippen molar-refractivity contribution in [2.75, 3.05) is 16.4 Å². The maximum absolute atomic E-state index is 13.1. The molecule has 0 saturated carbocycles. The molecule has 0 aliphatic heterocycles. The molecule has 0 aromatic heterocycles. The highest BCUT2D eigenvalue weighted by Crippen LogP contribution is 2.16. The molecule has 2 rings (SSSR count). The van der Waals surface area contributed by atoms with Crippen molar-refractivity contribution in [2.24, 2.45) is 0 Å². The number of carbonyl (C=O) groups excluding carboxylic acids is 1. The van der Waals surface area contributed by atoms with Gasteiger partial charge in [-0.1, -0.05) is 17.7 Å². The van der Waals surface area contributed by atoms with Crippen LogP contribution in [0.5, 0.6) is 0 Å². The van der Waals surface area contributed by atoms with Crippen molar-refractivity contribution in [1.29, 1.82) is 0 Å². The first-order valence-corrected chi connectivity index (χ1v) is 5.74. The Kier molecular flexibility index (Phi) is 3.66. The van der Waals surface area contributed by atoms with Gasteiger partial charge in [-0.2, -0.15) is 0 Å². The molecule has 0 unspecified atom stereocenters. The van der Waals surface area contributed by atoms with E-state index >= 15 is 0 Å². The quantitative estimate of drug-likeness (QED) is 0.724. The van der Waals surface area contributed by atoms with Crippen molar-refractivity contribution in [3.63, 3.8) is 0 Å². The average Bonchev–Trinajstić information content (AvgIpc) is 2.30. The molecule has 0 saturated heterocycles. The van der Waals surface area contributed by atoms with Crippen LogP contribution in [0.25, 0.3) is 0 Å². The van der Waals surface area contributed by atoms with Gasteiger partial charge in [0.1, 0.15) is 5.82 Å². The fraction of sp³-hybridized carbons (Fsp3) is 0.0714. The molecule has 0 spiro atoms. The smallest absolute Gasteiger partial charge is 0.323 e. The van der Waals surface area contributed by atoms with Crippen LogP contribution in [0, 0.1) is 12.7 Å². The largest absolute Gasteiger partial charge is 0.399 e. The summed E-state index contributed by atoms with van der Waals surface area (Å²) in [5.74, 6) is -0.495. The zero-order valence-corrected chi connectivity index (χ0v) is 10.4. The van der Waals surface area contributed by atoms with E-state index in [4.69, 9.17) is 5.73 Å². The minimum absolute atomic E-state index is 0.255. The number of amides is 2. The number of halogens is 1. The summed E-state index contributed by atoms with van der Waals surface area (Å²) in [5, 5.41) is 5.16. The molecule has 0 heterocycles. The fourth-order valence-corrected chi connectivity index (χ4v) is 1.61. The number of nitrogen functional groups attached to an aromatic ring is 1. The highest BCUT2D eigenvalue weighted by Gasteiger charge is 2.04. The minimum atomic E-state index is -0.495. The monoisotopic (exact) mass is 259 g/mol. The van der Waals surface area contributed by atoms with E-state index < -0.39 is 11.8 Å². The fourth-order valence-electron chi connectivity index (χ4n) is 1.61. The zero-order chi connectivity index (χ0) is 13.8. The van der Waals surface area contributed by atoms with Gasteiger partial charge in [-0.3, -0.25) is 0 Å². The third kappa shape index (κ3) is 3.70. The van der Waals surface area contributed by atoms with E-state index in [2.05, 4.69) is 10.6 Å².